The molecular weight excluding hydrogens is 352 g/mol. The largest absolute Gasteiger partial charge is 0.486 e. The highest BCUT2D eigenvalue weighted by Gasteiger charge is 2.25. The summed E-state index contributed by atoms with van der Waals surface area (Å²) >= 11 is 0. The van der Waals surface area contributed by atoms with E-state index in [1.54, 1.807) is 33.8 Å². The number of ether oxygens (including phenoxy) is 1. The zero-order chi connectivity index (χ0) is 20.4. The van der Waals surface area contributed by atoms with Gasteiger partial charge in [-0.3, -0.25) is 0 Å². The Morgan fingerprint density at radius 2 is 1.81 bits per heavy atom. The number of anilines is 1. The second-order valence-corrected chi connectivity index (χ2v) is 7.73. The highest BCUT2D eigenvalue weighted by molar-refractivity contribution is 5.72. The van der Waals surface area contributed by atoms with Crippen LogP contribution in [0.4, 0.5) is 14.5 Å². The molecule has 0 saturated carbocycles. The van der Waals surface area contributed by atoms with Gasteiger partial charge in [-0.2, -0.15) is 0 Å². The Labute approximate surface area is 159 Å². The van der Waals surface area contributed by atoms with Gasteiger partial charge >= 0.3 is 0 Å². The van der Waals surface area contributed by atoms with Crippen molar-refractivity contribution < 1.29 is 18.6 Å². The summed E-state index contributed by atoms with van der Waals surface area (Å²) in [6.45, 7) is 12.0. The minimum Gasteiger partial charge on any atom is -0.486 e. The van der Waals surface area contributed by atoms with Crippen molar-refractivity contribution in [2.75, 3.05) is 18.1 Å². The molecule has 0 amide bonds. The molecule has 1 aliphatic rings. The molecule has 0 radical (unpaired) electrons. The topological polar surface area (TPSA) is 58.5 Å². The third kappa shape index (κ3) is 5.60. The highest BCUT2D eigenvalue weighted by atomic mass is 19.1. The van der Waals surface area contributed by atoms with Crippen LogP contribution in [0.25, 0.3) is 11.3 Å². The molecule has 1 N–H and O–H groups in total. The van der Waals surface area contributed by atoms with Gasteiger partial charge in [-0.1, -0.05) is 0 Å². The van der Waals surface area contributed by atoms with Gasteiger partial charge in [-0.05, 0) is 53.7 Å². The number of fused-ring (bicyclic) bond motifs is 1. The molecule has 0 bridgehead atoms. The third-order valence-corrected chi connectivity index (χ3v) is 3.67. The van der Waals surface area contributed by atoms with Crippen molar-refractivity contribution in [3.63, 3.8) is 0 Å². The lowest BCUT2D eigenvalue weighted by Crippen LogP contribution is -2.38. The number of halogens is 2. The molecule has 1 aromatic carbocycles. The number of aliphatic hydroxyl groups is 1. The van der Waals surface area contributed by atoms with Crippen LogP contribution in [0.1, 0.15) is 40.4 Å². The van der Waals surface area contributed by atoms with Gasteiger partial charge < -0.3 is 14.7 Å². The van der Waals surface area contributed by atoms with Crippen molar-refractivity contribution in [2.45, 2.75) is 53.2 Å². The van der Waals surface area contributed by atoms with E-state index < -0.39 is 17.2 Å². The SMILES string of the molecule is CC(C)(C)O.Cc1ncc(F)c(-c2cc(F)c3c(c2)N(C(C)C)CCO3)n1. The fourth-order valence-electron chi connectivity index (χ4n) is 2.63. The maximum absolute atomic E-state index is 14.4. The van der Waals surface area contributed by atoms with Crippen LogP contribution in [-0.2, 0) is 0 Å². The molecule has 0 saturated heterocycles. The molecule has 2 heterocycles. The molecule has 1 aromatic heterocycles. The van der Waals surface area contributed by atoms with E-state index in [-0.39, 0.29) is 17.5 Å². The van der Waals surface area contributed by atoms with Crippen molar-refractivity contribution in [3.05, 3.63) is 35.8 Å². The summed E-state index contributed by atoms with van der Waals surface area (Å²) in [6.07, 6.45) is 1.10. The minimum atomic E-state index is -0.572. The maximum Gasteiger partial charge on any atom is 0.178 e. The van der Waals surface area contributed by atoms with Crippen LogP contribution in [0.2, 0.25) is 0 Å². The van der Waals surface area contributed by atoms with Gasteiger partial charge in [0.1, 0.15) is 18.1 Å². The lowest BCUT2D eigenvalue weighted by atomic mass is 10.1. The summed E-state index contributed by atoms with van der Waals surface area (Å²) in [5.41, 5.74) is 0.616. The van der Waals surface area contributed by atoms with Crippen LogP contribution in [0.3, 0.4) is 0 Å². The van der Waals surface area contributed by atoms with E-state index in [0.717, 1.165) is 6.20 Å². The molecule has 5 nitrogen and oxygen atoms in total. The van der Waals surface area contributed by atoms with E-state index in [1.165, 1.54) is 6.07 Å². The molecule has 0 spiro atoms. The number of nitrogens with zero attached hydrogens (tertiary/aromatic N) is 3. The van der Waals surface area contributed by atoms with Gasteiger partial charge in [-0.15, -0.1) is 0 Å². The molecule has 7 heteroatoms. The average molecular weight is 379 g/mol. The van der Waals surface area contributed by atoms with Gasteiger partial charge in [0.05, 0.1) is 24.0 Å². The van der Waals surface area contributed by atoms with Crippen LogP contribution in [0.5, 0.6) is 5.75 Å². The average Bonchev–Trinajstić information content (AvgIpc) is 2.55. The molecule has 2 aromatic rings. The summed E-state index contributed by atoms with van der Waals surface area (Å²) < 4.78 is 33.8. The first-order valence-corrected chi connectivity index (χ1v) is 8.92. The summed E-state index contributed by atoms with van der Waals surface area (Å²) in [5, 5.41) is 8.52. The van der Waals surface area contributed by atoms with Gasteiger partial charge in [0.25, 0.3) is 0 Å². The number of aromatic nitrogens is 2. The Kier molecular flexibility index (Phi) is 6.36. The Hall–Kier alpha value is -2.28. The fourth-order valence-corrected chi connectivity index (χ4v) is 2.63. The first-order valence-electron chi connectivity index (χ1n) is 8.92. The molecule has 0 fully saturated rings. The zero-order valence-corrected chi connectivity index (χ0v) is 16.7. The zero-order valence-electron chi connectivity index (χ0n) is 16.7. The fraction of sp³-hybridized carbons (Fsp3) is 0.500. The quantitative estimate of drug-likeness (QED) is 0.851. The lowest BCUT2D eigenvalue weighted by Gasteiger charge is -2.34. The van der Waals surface area contributed by atoms with Crippen molar-refractivity contribution >= 4 is 5.69 Å². The van der Waals surface area contributed by atoms with E-state index in [1.807, 2.05) is 18.7 Å². The van der Waals surface area contributed by atoms with Crippen LogP contribution >= 0.6 is 0 Å². The number of hydrogen-bond donors (Lipinski definition) is 1. The Morgan fingerprint density at radius 1 is 1.19 bits per heavy atom. The second-order valence-electron chi connectivity index (χ2n) is 7.73. The summed E-state index contributed by atoms with van der Waals surface area (Å²) in [4.78, 5) is 9.93. The van der Waals surface area contributed by atoms with Crippen LogP contribution in [0, 0.1) is 18.6 Å². The van der Waals surface area contributed by atoms with Gasteiger partial charge in [0.2, 0.25) is 0 Å². The van der Waals surface area contributed by atoms with Crippen molar-refractivity contribution in [2.24, 2.45) is 0 Å². The number of benzene rings is 1. The van der Waals surface area contributed by atoms with Crippen LogP contribution in [-0.4, -0.2) is 39.9 Å². The predicted octanol–water partition coefficient (Wildman–Crippen LogP) is 4.11. The Balaban J connectivity index is 0.000000465. The highest BCUT2D eigenvalue weighted by Crippen LogP contribution is 2.39. The molecule has 3 rings (SSSR count). The first-order chi connectivity index (χ1) is 12.5. The number of aryl methyl sites for hydroxylation is 1. The van der Waals surface area contributed by atoms with E-state index in [0.29, 0.717) is 30.2 Å². The smallest absolute Gasteiger partial charge is 0.178 e. The standard InChI is InChI=1S/C16H17F2N3O.C4H10O/c1-9(2)21-4-5-22-16-12(17)6-11(7-14(16)21)15-13(18)8-19-10(3)20-15;1-4(2,3)5/h6-9H,4-5H2,1-3H3;5H,1-3H3. The molecule has 0 unspecified atom stereocenters. The van der Waals surface area contributed by atoms with Crippen molar-refractivity contribution in [1.82, 2.24) is 9.97 Å². The third-order valence-electron chi connectivity index (χ3n) is 3.67. The van der Waals surface area contributed by atoms with Crippen LogP contribution in [0.15, 0.2) is 18.3 Å². The molecule has 0 aliphatic carbocycles. The van der Waals surface area contributed by atoms with Gasteiger partial charge in [-0.25, -0.2) is 18.7 Å². The Bertz CT molecular complexity index is 799. The summed E-state index contributed by atoms with van der Waals surface area (Å²) in [6, 6.07) is 3.17. The van der Waals surface area contributed by atoms with Crippen molar-refractivity contribution in [3.8, 4) is 17.0 Å². The number of rotatable bonds is 2. The molecule has 148 valence electrons. The monoisotopic (exact) mass is 379 g/mol. The van der Waals surface area contributed by atoms with Gasteiger partial charge in [0, 0.05) is 11.6 Å². The molecule has 1 aliphatic heterocycles. The molecular formula is C20H27F2N3O2. The van der Waals surface area contributed by atoms with Crippen molar-refractivity contribution in [1.29, 1.82) is 0 Å². The van der Waals surface area contributed by atoms with Crippen LogP contribution < -0.4 is 9.64 Å². The predicted molar refractivity (Wildman–Crippen MR) is 102 cm³/mol. The van der Waals surface area contributed by atoms with E-state index in [9.17, 15) is 8.78 Å². The Morgan fingerprint density at radius 3 is 2.41 bits per heavy atom. The summed E-state index contributed by atoms with van der Waals surface area (Å²) in [5.74, 6) is -0.423. The molecule has 0 atom stereocenters. The van der Waals surface area contributed by atoms with E-state index in [2.05, 4.69) is 9.97 Å². The van der Waals surface area contributed by atoms with E-state index in [4.69, 9.17) is 9.84 Å². The summed E-state index contributed by atoms with van der Waals surface area (Å²) in [7, 11) is 0. The molecule has 27 heavy (non-hydrogen) atoms. The minimum absolute atomic E-state index is 0.100. The lowest BCUT2D eigenvalue weighted by molar-refractivity contribution is 0.102. The first kappa shape index (κ1) is 21.0. The second kappa shape index (κ2) is 8.17. The van der Waals surface area contributed by atoms with Gasteiger partial charge in [0.15, 0.2) is 17.4 Å². The normalized spacial score (nSPS) is 13.6. The van der Waals surface area contributed by atoms with E-state index >= 15 is 0 Å². The number of hydrogen-bond acceptors (Lipinski definition) is 5. The maximum atomic E-state index is 14.4.